The highest BCUT2D eigenvalue weighted by Crippen LogP contribution is 2.41. The molecule has 2 aromatic carbocycles. The molecule has 2 heterocycles. The Morgan fingerprint density at radius 1 is 0.955 bits per heavy atom. The predicted octanol–water partition coefficient (Wildman–Crippen LogP) is 4.67. The number of anilines is 2. The van der Waals surface area contributed by atoms with Gasteiger partial charge in [0.1, 0.15) is 22.9 Å². The number of hydrogen-bond acceptors (Lipinski definition) is 7. The Kier molecular flexibility index (Phi) is 10.9. The smallest absolute Gasteiger partial charge is 0.404 e. The van der Waals surface area contributed by atoms with Crippen LogP contribution in [0.25, 0.3) is 11.0 Å². The number of ether oxygens (including phenoxy) is 3. The second kappa shape index (κ2) is 14.8. The molecule has 0 bridgehead atoms. The summed E-state index contributed by atoms with van der Waals surface area (Å²) in [5.74, 6) is 1.82. The number of hydrogen-bond donors (Lipinski definition) is 3. The predicted molar refractivity (Wildman–Crippen MR) is 167 cm³/mol. The Bertz CT molecular complexity index is 1680. The molecular formula is C29H38N6O8S. The third-order valence-electron chi connectivity index (χ3n) is 6.80. The van der Waals surface area contributed by atoms with Gasteiger partial charge in [-0.1, -0.05) is 19.8 Å². The molecule has 0 aliphatic carbocycles. The highest BCUT2D eigenvalue weighted by Gasteiger charge is 2.25. The van der Waals surface area contributed by atoms with E-state index in [1.165, 1.54) is 15.5 Å². The lowest BCUT2D eigenvalue weighted by atomic mass is 10.2. The van der Waals surface area contributed by atoms with Gasteiger partial charge in [-0.05, 0) is 25.3 Å². The zero-order chi connectivity index (χ0) is 31.8. The largest absolute Gasteiger partial charge is 0.493 e. The maximum atomic E-state index is 12.7. The molecule has 1 atom stereocenters. The molecule has 0 saturated carbocycles. The minimum atomic E-state index is -2.53. The number of benzene rings is 2. The van der Waals surface area contributed by atoms with Crippen LogP contribution in [0.15, 0.2) is 47.7 Å². The average Bonchev–Trinajstić information content (AvgIpc) is 3.49. The van der Waals surface area contributed by atoms with Gasteiger partial charge < -0.3 is 29.2 Å². The number of aryl methyl sites for hydroxylation is 3. The number of unbranched alkanes of at least 4 members (excludes halogenated alkanes) is 3. The zero-order valence-corrected chi connectivity index (χ0v) is 26.0. The lowest BCUT2D eigenvalue weighted by molar-refractivity contribution is 0.194. The van der Waals surface area contributed by atoms with E-state index >= 15 is 0 Å². The summed E-state index contributed by atoms with van der Waals surface area (Å²) in [7, 11) is 5.01. The van der Waals surface area contributed by atoms with E-state index in [4.69, 9.17) is 19.3 Å². The molecule has 44 heavy (non-hydrogen) atoms. The lowest BCUT2D eigenvalue weighted by Crippen LogP contribution is -2.21. The van der Waals surface area contributed by atoms with Crippen LogP contribution in [0.3, 0.4) is 0 Å². The van der Waals surface area contributed by atoms with Crippen LogP contribution in [0.2, 0.25) is 0 Å². The van der Waals surface area contributed by atoms with Gasteiger partial charge in [0.15, 0.2) is 11.6 Å². The maximum absolute atomic E-state index is 12.7. The fraction of sp³-hybridized carbons (Fsp3) is 0.414. The second-order valence-electron chi connectivity index (χ2n) is 10.2. The first kappa shape index (κ1) is 32.4. The van der Waals surface area contributed by atoms with Crippen molar-refractivity contribution in [3.05, 3.63) is 53.3 Å². The number of carboxylic acid groups (broad SMARTS) is 1. The van der Waals surface area contributed by atoms with E-state index in [-0.39, 0.29) is 22.9 Å². The molecule has 1 unspecified atom stereocenters. The molecule has 0 spiro atoms. The third-order valence-corrected chi connectivity index (χ3v) is 7.49. The van der Waals surface area contributed by atoms with E-state index in [0.717, 1.165) is 36.4 Å². The van der Waals surface area contributed by atoms with Gasteiger partial charge in [-0.25, -0.2) is 23.1 Å². The Hall–Kier alpha value is -4.50. The number of carbonyl (C=O) groups is 1. The molecule has 0 radical (unpaired) electrons. The number of imidazole rings is 2. The molecule has 4 rings (SSSR count). The van der Waals surface area contributed by atoms with Crippen LogP contribution in [-0.4, -0.2) is 58.4 Å². The van der Waals surface area contributed by atoms with Crippen LogP contribution >= 0.6 is 0 Å². The highest BCUT2D eigenvalue weighted by atomic mass is 32.2. The average molecular weight is 631 g/mol. The first-order chi connectivity index (χ1) is 21.1. The minimum Gasteiger partial charge on any atom is -0.493 e. The van der Waals surface area contributed by atoms with E-state index in [0.29, 0.717) is 48.0 Å². The van der Waals surface area contributed by atoms with Crippen molar-refractivity contribution in [3.8, 4) is 23.0 Å². The number of aromatic nitrogens is 4. The van der Waals surface area contributed by atoms with Gasteiger partial charge >= 0.3 is 11.8 Å². The van der Waals surface area contributed by atoms with Crippen molar-refractivity contribution in [2.75, 3.05) is 24.1 Å². The molecule has 238 valence electrons. The monoisotopic (exact) mass is 630 g/mol. The Balaban J connectivity index is 1.65. The summed E-state index contributed by atoms with van der Waals surface area (Å²) in [6, 6.07) is 8.45. The first-order valence-corrected chi connectivity index (χ1v) is 15.3. The maximum Gasteiger partial charge on any atom is 0.404 e. The van der Waals surface area contributed by atoms with Crippen molar-refractivity contribution >= 4 is 39.9 Å². The molecular weight excluding hydrogens is 592 g/mol. The molecule has 2 aromatic heterocycles. The fourth-order valence-electron chi connectivity index (χ4n) is 4.63. The number of nitrogens with one attached hydrogen (secondary N) is 1. The van der Waals surface area contributed by atoms with Crippen LogP contribution in [0, 0.1) is 0 Å². The fourth-order valence-corrected chi connectivity index (χ4v) is 5.20. The van der Waals surface area contributed by atoms with Crippen LogP contribution < -0.4 is 29.5 Å². The Morgan fingerprint density at radius 2 is 1.59 bits per heavy atom. The van der Waals surface area contributed by atoms with Crippen molar-refractivity contribution in [1.29, 1.82) is 0 Å². The Morgan fingerprint density at radius 3 is 2.20 bits per heavy atom. The summed E-state index contributed by atoms with van der Waals surface area (Å²) < 4.78 is 47.0. The molecule has 15 heteroatoms. The van der Waals surface area contributed by atoms with Crippen LogP contribution in [0.1, 0.15) is 39.0 Å². The molecule has 4 aromatic rings. The molecule has 0 saturated heterocycles. The normalized spacial score (nSPS) is 11.8. The molecule has 1 amide bonds. The quantitative estimate of drug-likeness (QED) is 0.118. The summed E-state index contributed by atoms with van der Waals surface area (Å²) in [4.78, 5) is 27.6. The van der Waals surface area contributed by atoms with E-state index in [2.05, 4.69) is 10.3 Å². The van der Waals surface area contributed by atoms with E-state index < -0.39 is 17.4 Å². The zero-order valence-electron chi connectivity index (χ0n) is 25.2. The molecule has 0 fully saturated rings. The second-order valence-corrected chi connectivity index (χ2v) is 11.0. The number of nitrogens with zero attached hydrogens (tertiary/aromatic N) is 5. The van der Waals surface area contributed by atoms with Crippen LogP contribution in [-0.2, 0) is 32.4 Å². The van der Waals surface area contributed by atoms with Crippen molar-refractivity contribution in [3.63, 3.8) is 0 Å². The van der Waals surface area contributed by atoms with Crippen LogP contribution in [0.5, 0.6) is 23.0 Å². The number of rotatable bonds is 16. The summed E-state index contributed by atoms with van der Waals surface area (Å²) in [6.45, 7) is 3.33. The van der Waals surface area contributed by atoms with Gasteiger partial charge in [0.25, 0.3) is 11.3 Å². The molecule has 0 aliphatic heterocycles. The van der Waals surface area contributed by atoms with E-state index in [1.54, 1.807) is 62.2 Å². The first-order valence-electron chi connectivity index (χ1n) is 14.2. The highest BCUT2D eigenvalue weighted by molar-refractivity contribution is 7.81. The molecule has 0 aliphatic rings. The summed E-state index contributed by atoms with van der Waals surface area (Å²) in [5, 5.41) is 11.0. The van der Waals surface area contributed by atoms with Crippen molar-refractivity contribution in [2.24, 2.45) is 21.1 Å². The summed E-state index contributed by atoms with van der Waals surface area (Å²) in [5.41, 5.74) is 1.06. The SMILES string of the molecule is CCCOc1cc(OCCCCCCNC(=O)O)cc(Oc2cc3c(cc2N(c2cn(C)cn2)S(=O)O)n(C)c(=O)n3C)c1. The van der Waals surface area contributed by atoms with E-state index in [1.807, 2.05) is 6.92 Å². The van der Waals surface area contributed by atoms with Gasteiger partial charge in [-0.3, -0.25) is 13.7 Å². The minimum absolute atomic E-state index is 0.209. The standard InChI is InChI=1S/C29H38N6O8S/c1-5-11-41-20-13-21(42-12-9-7-6-8-10-30-28(36)37)15-22(14-20)43-26-17-24-23(33(3)29(38)34(24)4)16-25(26)35(44(39)40)27-18-32(2)19-31-27/h13-19,30H,5-12H2,1-4H3,(H,36,37)(H,39,40). The van der Waals surface area contributed by atoms with Gasteiger partial charge in [0.2, 0.25) is 0 Å². The third kappa shape index (κ3) is 7.90. The summed E-state index contributed by atoms with van der Waals surface area (Å²) >= 11 is -2.53. The lowest BCUT2D eigenvalue weighted by Gasteiger charge is -2.21. The number of fused-ring (bicyclic) bond motifs is 1. The number of amides is 1. The van der Waals surface area contributed by atoms with Crippen molar-refractivity contribution in [1.82, 2.24) is 24.0 Å². The van der Waals surface area contributed by atoms with E-state index in [9.17, 15) is 18.4 Å². The van der Waals surface area contributed by atoms with Gasteiger partial charge in [0, 0.05) is 58.2 Å². The van der Waals surface area contributed by atoms with Crippen molar-refractivity contribution < 1.29 is 32.9 Å². The van der Waals surface area contributed by atoms with Crippen LogP contribution in [0.4, 0.5) is 16.3 Å². The topological polar surface area (TPSA) is 162 Å². The van der Waals surface area contributed by atoms with Gasteiger partial charge in [-0.2, -0.15) is 0 Å². The van der Waals surface area contributed by atoms with Gasteiger partial charge in [0.05, 0.1) is 30.6 Å². The molecule has 3 N–H and O–H groups in total. The molecule has 14 nitrogen and oxygen atoms in total. The van der Waals surface area contributed by atoms with Crippen molar-refractivity contribution in [2.45, 2.75) is 39.0 Å². The summed E-state index contributed by atoms with van der Waals surface area (Å²) in [6.07, 6.45) is 6.14. The Labute approximate surface area is 257 Å². The van der Waals surface area contributed by atoms with Gasteiger partial charge in [-0.15, -0.1) is 0 Å².